The van der Waals surface area contributed by atoms with Crippen LogP contribution in [0.5, 0.6) is 0 Å². The number of rotatable bonds is 4. The lowest BCUT2D eigenvalue weighted by Crippen LogP contribution is -2.30. The Morgan fingerprint density at radius 2 is 1.12 bits per heavy atom. The van der Waals surface area contributed by atoms with E-state index in [1.165, 1.54) is 30.5 Å². The monoisotopic (exact) mass is 600 g/mol. The Labute approximate surface area is 253 Å². The highest BCUT2D eigenvalue weighted by Crippen LogP contribution is 2.48. The summed E-state index contributed by atoms with van der Waals surface area (Å²) in [5.41, 5.74) is 1.59. The number of ether oxygens (including phenoxy) is 1. The molecule has 7 heteroatoms. The predicted octanol–water partition coefficient (Wildman–Crippen LogP) is 9.46. The molecule has 7 atom stereocenters. The van der Waals surface area contributed by atoms with Crippen LogP contribution in [0.15, 0.2) is 49.2 Å². The molecule has 0 aliphatic heterocycles. The average molecular weight is 601 g/mol. The predicted molar refractivity (Wildman–Crippen MR) is 159 cm³/mol. The minimum absolute atomic E-state index is 0.236. The molecular formula is C36H44F4O3. The summed E-state index contributed by atoms with van der Waals surface area (Å²) in [6, 6.07) is 7.74. The fourth-order valence-electron chi connectivity index (χ4n) is 7.97. The number of carbonyl (C=O) groups is 2. The number of methoxy groups -OCH3 is 1. The second-order valence-corrected chi connectivity index (χ2v) is 12.9. The van der Waals surface area contributed by atoms with E-state index in [0.717, 1.165) is 100 Å². The van der Waals surface area contributed by atoms with Gasteiger partial charge in [0, 0.05) is 30.9 Å². The van der Waals surface area contributed by atoms with Crippen LogP contribution in [0, 0.1) is 52.9 Å². The van der Waals surface area contributed by atoms with Gasteiger partial charge in [-0.3, -0.25) is 4.79 Å². The molecule has 43 heavy (non-hydrogen) atoms. The normalized spacial score (nSPS) is 29.8. The summed E-state index contributed by atoms with van der Waals surface area (Å²) >= 11 is 0. The molecule has 7 unspecified atom stereocenters. The molecule has 0 aromatic heterocycles. The van der Waals surface area contributed by atoms with Crippen LogP contribution in [0.25, 0.3) is 0 Å². The standard InChI is InChI=1S/C17H20F2O.C16H18F2O.C3H6O/c18-16-7-15(8-17(19)9-16)14-4-3-12-5-11(10-20)1-2-13(12)6-14;17-14-6-13(7-15(18)9-14)11-1-2-12-8-16(19)4-3-10(12)5-11;1-3-4-2/h7-14H,1-6H2;6-7,9-12H,1-5,8H2;3H,1H2,2H3. The van der Waals surface area contributed by atoms with Gasteiger partial charge in [0.1, 0.15) is 35.3 Å². The third kappa shape index (κ3) is 9.26. The maximum Gasteiger partial charge on any atom is 0.133 e. The first kappa shape index (κ1) is 32.9. The molecule has 4 fully saturated rings. The van der Waals surface area contributed by atoms with Crippen LogP contribution < -0.4 is 0 Å². The van der Waals surface area contributed by atoms with Crippen molar-refractivity contribution in [3.8, 4) is 0 Å². The Balaban J connectivity index is 0.000000176. The molecular weight excluding hydrogens is 556 g/mol. The summed E-state index contributed by atoms with van der Waals surface area (Å²) in [4.78, 5) is 22.4. The van der Waals surface area contributed by atoms with Gasteiger partial charge in [-0.1, -0.05) is 6.58 Å². The maximum absolute atomic E-state index is 13.3. The first-order chi connectivity index (χ1) is 20.7. The van der Waals surface area contributed by atoms with E-state index in [0.29, 0.717) is 35.9 Å². The van der Waals surface area contributed by atoms with Crippen molar-refractivity contribution >= 4 is 12.1 Å². The summed E-state index contributed by atoms with van der Waals surface area (Å²) in [6.07, 6.45) is 13.9. The van der Waals surface area contributed by atoms with E-state index in [4.69, 9.17) is 0 Å². The quantitative estimate of drug-likeness (QED) is 0.199. The van der Waals surface area contributed by atoms with Gasteiger partial charge in [0.25, 0.3) is 0 Å². The van der Waals surface area contributed by atoms with E-state index in [-0.39, 0.29) is 17.8 Å². The SMILES string of the molecule is C=COC.O=C1CCC2CC(c3cc(F)cc(F)c3)CCC2C1.O=CC1CCC2CC(c3cc(F)cc(F)c3)CCC2C1. The molecule has 3 nitrogen and oxygen atoms in total. The van der Waals surface area contributed by atoms with Crippen LogP contribution >= 0.6 is 0 Å². The lowest BCUT2D eigenvalue weighted by Gasteiger charge is -2.41. The zero-order valence-electron chi connectivity index (χ0n) is 25.1. The van der Waals surface area contributed by atoms with Gasteiger partial charge in [-0.2, -0.15) is 0 Å². The second-order valence-electron chi connectivity index (χ2n) is 12.9. The highest BCUT2D eigenvalue weighted by molar-refractivity contribution is 5.79. The molecule has 0 bridgehead atoms. The van der Waals surface area contributed by atoms with Crippen molar-refractivity contribution in [2.75, 3.05) is 7.11 Å². The number of carbonyl (C=O) groups excluding carboxylic acids is 2. The number of halogens is 4. The smallest absolute Gasteiger partial charge is 0.133 e. The van der Waals surface area contributed by atoms with Gasteiger partial charge < -0.3 is 9.53 Å². The zero-order chi connectivity index (χ0) is 30.9. The van der Waals surface area contributed by atoms with Crippen LogP contribution in [0.2, 0.25) is 0 Å². The van der Waals surface area contributed by atoms with E-state index < -0.39 is 23.3 Å². The molecule has 4 aliphatic rings. The number of hydrogen-bond acceptors (Lipinski definition) is 3. The Morgan fingerprint density at radius 3 is 1.60 bits per heavy atom. The van der Waals surface area contributed by atoms with Gasteiger partial charge in [0.2, 0.25) is 0 Å². The van der Waals surface area contributed by atoms with E-state index in [1.807, 2.05) is 0 Å². The van der Waals surface area contributed by atoms with Gasteiger partial charge in [0.05, 0.1) is 13.4 Å². The number of benzene rings is 2. The van der Waals surface area contributed by atoms with E-state index in [2.05, 4.69) is 11.3 Å². The summed E-state index contributed by atoms with van der Waals surface area (Å²) in [6.45, 7) is 3.26. The molecule has 0 N–H and O–H groups in total. The molecule has 0 radical (unpaired) electrons. The van der Waals surface area contributed by atoms with Gasteiger partial charge in [0.15, 0.2) is 0 Å². The first-order valence-corrected chi connectivity index (χ1v) is 15.7. The molecule has 4 aliphatic carbocycles. The van der Waals surface area contributed by atoms with Gasteiger partial charge in [-0.25, -0.2) is 17.6 Å². The van der Waals surface area contributed by atoms with Crippen LogP contribution in [0.3, 0.4) is 0 Å². The first-order valence-electron chi connectivity index (χ1n) is 15.7. The highest BCUT2D eigenvalue weighted by atomic mass is 19.1. The molecule has 0 amide bonds. The molecule has 2 aromatic carbocycles. The van der Waals surface area contributed by atoms with Crippen molar-refractivity contribution in [2.24, 2.45) is 29.6 Å². The molecule has 0 saturated heterocycles. The maximum atomic E-state index is 13.3. The van der Waals surface area contributed by atoms with Crippen molar-refractivity contribution in [1.29, 1.82) is 0 Å². The molecule has 0 heterocycles. The van der Waals surface area contributed by atoms with Crippen molar-refractivity contribution < 1.29 is 31.9 Å². The largest absolute Gasteiger partial charge is 0.505 e. The topological polar surface area (TPSA) is 43.4 Å². The lowest BCUT2D eigenvalue weighted by molar-refractivity contribution is -0.123. The van der Waals surface area contributed by atoms with E-state index >= 15 is 0 Å². The minimum atomic E-state index is -0.490. The van der Waals surface area contributed by atoms with E-state index in [1.54, 1.807) is 7.11 Å². The Bertz CT molecular complexity index is 1210. The number of hydrogen-bond donors (Lipinski definition) is 0. The van der Waals surface area contributed by atoms with Crippen molar-refractivity contribution in [3.63, 3.8) is 0 Å². The Hall–Kier alpha value is -2.96. The zero-order valence-corrected chi connectivity index (χ0v) is 25.1. The van der Waals surface area contributed by atoms with E-state index in [9.17, 15) is 27.2 Å². The summed E-state index contributed by atoms with van der Waals surface area (Å²) in [7, 11) is 1.56. The van der Waals surface area contributed by atoms with Crippen LogP contribution in [-0.4, -0.2) is 19.2 Å². The number of ketones is 1. The molecule has 6 rings (SSSR count). The van der Waals surface area contributed by atoms with Crippen molar-refractivity contribution in [3.05, 3.63) is 83.6 Å². The van der Waals surface area contributed by atoms with Crippen molar-refractivity contribution in [1.82, 2.24) is 0 Å². The summed E-state index contributed by atoms with van der Waals surface area (Å²) in [5, 5.41) is 0. The third-order valence-electron chi connectivity index (χ3n) is 10.1. The van der Waals surface area contributed by atoms with Crippen LogP contribution in [0.1, 0.15) is 100 Å². The number of aldehydes is 1. The Morgan fingerprint density at radius 1 is 0.674 bits per heavy atom. The average Bonchev–Trinajstić information content (AvgIpc) is 2.99. The van der Waals surface area contributed by atoms with Gasteiger partial charge in [-0.15, -0.1) is 0 Å². The van der Waals surface area contributed by atoms with Crippen LogP contribution in [0.4, 0.5) is 17.6 Å². The third-order valence-corrected chi connectivity index (χ3v) is 10.1. The second kappa shape index (κ2) is 15.7. The molecule has 234 valence electrons. The number of Topliss-reactive ketones (excluding diaryl/α,β-unsaturated/α-hetero) is 1. The fourth-order valence-corrected chi connectivity index (χ4v) is 7.97. The van der Waals surface area contributed by atoms with Gasteiger partial charge >= 0.3 is 0 Å². The van der Waals surface area contributed by atoms with Crippen molar-refractivity contribution in [2.45, 2.75) is 88.9 Å². The molecule has 0 spiro atoms. The Kier molecular flexibility index (Phi) is 12.0. The lowest BCUT2D eigenvalue weighted by atomic mass is 9.64. The molecule has 2 aromatic rings. The fraction of sp³-hybridized carbons (Fsp3) is 0.556. The molecule has 4 saturated carbocycles. The minimum Gasteiger partial charge on any atom is -0.505 e. The van der Waals surface area contributed by atoms with Gasteiger partial charge in [-0.05, 0) is 135 Å². The summed E-state index contributed by atoms with van der Waals surface area (Å²) < 4.78 is 57.5. The highest BCUT2D eigenvalue weighted by Gasteiger charge is 2.37. The summed E-state index contributed by atoms with van der Waals surface area (Å²) in [5.74, 6) is 1.53. The number of fused-ring (bicyclic) bond motifs is 2. The van der Waals surface area contributed by atoms with Crippen LogP contribution in [-0.2, 0) is 14.3 Å².